The van der Waals surface area contributed by atoms with Crippen LogP contribution >= 0.6 is 23.2 Å². The van der Waals surface area contributed by atoms with E-state index in [9.17, 15) is 0 Å². The van der Waals surface area contributed by atoms with E-state index >= 15 is 0 Å². The number of rotatable bonds is 8. The van der Waals surface area contributed by atoms with Crippen LogP contribution < -0.4 is 10.1 Å². The van der Waals surface area contributed by atoms with Crippen molar-refractivity contribution in [2.24, 2.45) is 0 Å². The number of nitrogens with one attached hydrogen (secondary N) is 1. The van der Waals surface area contributed by atoms with Gasteiger partial charge in [-0.3, -0.25) is 4.90 Å². The predicted octanol–water partition coefficient (Wildman–Crippen LogP) is 5.15. The fourth-order valence-corrected chi connectivity index (χ4v) is 4.24. The Morgan fingerprint density at radius 3 is 2.47 bits per heavy atom. The topological polar surface area (TPSA) is 33.7 Å². The third-order valence-corrected chi connectivity index (χ3v) is 6.15. The highest BCUT2D eigenvalue weighted by Gasteiger charge is 2.13. The molecule has 1 fully saturated rings. The van der Waals surface area contributed by atoms with Crippen molar-refractivity contribution < 1.29 is 9.47 Å². The maximum atomic E-state index is 6.32. The second-order valence-electron chi connectivity index (χ2n) is 7.38. The first-order valence-corrected chi connectivity index (χ1v) is 11.0. The Hall–Kier alpha value is -1.82. The minimum absolute atomic E-state index is 0.331. The smallest absolute Gasteiger partial charge is 0.124 e. The Morgan fingerprint density at radius 2 is 1.67 bits per heavy atom. The molecular formula is C24H26Cl2N2O2. The summed E-state index contributed by atoms with van der Waals surface area (Å²) < 4.78 is 11.6. The van der Waals surface area contributed by atoms with Crippen molar-refractivity contribution >= 4 is 34.0 Å². The monoisotopic (exact) mass is 444 g/mol. The van der Waals surface area contributed by atoms with Crippen molar-refractivity contribution in [2.75, 3.05) is 39.4 Å². The molecule has 6 heteroatoms. The van der Waals surface area contributed by atoms with Crippen LogP contribution in [0.4, 0.5) is 0 Å². The average Bonchev–Trinajstić information content (AvgIpc) is 2.77. The van der Waals surface area contributed by atoms with Crippen molar-refractivity contribution in [3.05, 3.63) is 75.8 Å². The first-order valence-electron chi connectivity index (χ1n) is 10.3. The highest BCUT2D eigenvalue weighted by molar-refractivity contribution is 6.35. The van der Waals surface area contributed by atoms with Gasteiger partial charge in [0.05, 0.1) is 13.2 Å². The summed E-state index contributed by atoms with van der Waals surface area (Å²) in [5, 5.41) is 7.22. The van der Waals surface area contributed by atoms with Gasteiger partial charge in [0.25, 0.3) is 0 Å². The van der Waals surface area contributed by atoms with Crippen LogP contribution in [0.5, 0.6) is 5.75 Å². The van der Waals surface area contributed by atoms with E-state index in [4.69, 9.17) is 32.7 Å². The second-order valence-corrected chi connectivity index (χ2v) is 8.20. The molecule has 0 aromatic heterocycles. The largest absolute Gasteiger partial charge is 0.488 e. The molecule has 4 rings (SSSR count). The van der Waals surface area contributed by atoms with E-state index in [-0.39, 0.29) is 0 Å². The van der Waals surface area contributed by atoms with Crippen LogP contribution in [0.15, 0.2) is 54.6 Å². The van der Waals surface area contributed by atoms with Crippen molar-refractivity contribution in [1.82, 2.24) is 10.2 Å². The van der Waals surface area contributed by atoms with E-state index in [1.165, 1.54) is 10.8 Å². The van der Waals surface area contributed by atoms with Gasteiger partial charge in [-0.05, 0) is 29.0 Å². The molecule has 0 unspecified atom stereocenters. The Kier molecular flexibility index (Phi) is 7.47. The summed E-state index contributed by atoms with van der Waals surface area (Å²) in [6.45, 7) is 6.65. The molecule has 3 aromatic rings. The summed E-state index contributed by atoms with van der Waals surface area (Å²) in [7, 11) is 0. The van der Waals surface area contributed by atoms with E-state index in [1.54, 1.807) is 0 Å². The minimum Gasteiger partial charge on any atom is -0.488 e. The Morgan fingerprint density at radius 1 is 0.900 bits per heavy atom. The van der Waals surface area contributed by atoms with E-state index in [2.05, 4.69) is 40.5 Å². The molecule has 1 heterocycles. The quantitative estimate of drug-likeness (QED) is 0.487. The highest BCUT2D eigenvalue weighted by atomic mass is 35.5. The molecule has 3 aromatic carbocycles. The molecule has 0 bridgehead atoms. The van der Waals surface area contributed by atoms with Gasteiger partial charge in [-0.15, -0.1) is 0 Å². The molecule has 0 radical (unpaired) electrons. The third kappa shape index (κ3) is 5.26. The summed E-state index contributed by atoms with van der Waals surface area (Å²) in [4.78, 5) is 2.43. The van der Waals surface area contributed by atoms with Gasteiger partial charge in [-0.2, -0.15) is 0 Å². The van der Waals surface area contributed by atoms with Crippen molar-refractivity contribution in [2.45, 2.75) is 13.2 Å². The lowest BCUT2D eigenvalue weighted by atomic mass is 10.0. The van der Waals surface area contributed by atoms with Gasteiger partial charge in [0.2, 0.25) is 0 Å². The van der Waals surface area contributed by atoms with Crippen LogP contribution in [0.3, 0.4) is 0 Å². The van der Waals surface area contributed by atoms with Gasteiger partial charge in [0, 0.05) is 53.9 Å². The van der Waals surface area contributed by atoms with E-state index in [1.807, 2.05) is 24.3 Å². The number of hydrogen-bond donors (Lipinski definition) is 1. The molecule has 1 N–H and O–H groups in total. The van der Waals surface area contributed by atoms with Crippen LogP contribution in [-0.4, -0.2) is 44.3 Å². The first-order chi connectivity index (χ1) is 14.7. The maximum absolute atomic E-state index is 6.32. The molecule has 1 saturated heterocycles. The molecule has 0 saturated carbocycles. The zero-order chi connectivity index (χ0) is 20.8. The zero-order valence-electron chi connectivity index (χ0n) is 16.9. The SMILES string of the molecule is Clc1cccc(Cl)c1COc1ccc2ccccc2c1CNCCN1CCOCC1. The molecule has 1 aliphatic heterocycles. The Balaban J connectivity index is 1.48. The molecule has 0 spiro atoms. The summed E-state index contributed by atoms with van der Waals surface area (Å²) in [6, 6.07) is 18.0. The van der Waals surface area contributed by atoms with Crippen molar-refractivity contribution in [3.63, 3.8) is 0 Å². The molecule has 158 valence electrons. The number of benzene rings is 3. The van der Waals surface area contributed by atoms with Gasteiger partial charge in [-0.1, -0.05) is 59.6 Å². The Bertz CT molecular complexity index is 970. The lowest BCUT2D eigenvalue weighted by Crippen LogP contribution is -2.40. The standard InChI is InChI=1S/C24H26Cl2N2O2/c25-22-6-3-7-23(26)21(22)17-30-24-9-8-18-4-1-2-5-19(18)20(24)16-27-10-11-28-12-14-29-15-13-28/h1-9,27H,10-17H2. The average molecular weight is 445 g/mol. The second kappa shape index (κ2) is 10.5. The molecular weight excluding hydrogens is 419 g/mol. The van der Waals surface area contributed by atoms with Crippen molar-refractivity contribution in [1.29, 1.82) is 0 Å². The summed E-state index contributed by atoms with van der Waals surface area (Å²) >= 11 is 12.6. The molecule has 4 nitrogen and oxygen atoms in total. The van der Waals surface area contributed by atoms with E-state index in [0.29, 0.717) is 16.7 Å². The molecule has 0 amide bonds. The molecule has 0 atom stereocenters. The molecule has 30 heavy (non-hydrogen) atoms. The lowest BCUT2D eigenvalue weighted by molar-refractivity contribution is 0.0384. The van der Waals surface area contributed by atoms with Crippen LogP contribution in [0.1, 0.15) is 11.1 Å². The Labute approximate surface area is 187 Å². The third-order valence-electron chi connectivity index (χ3n) is 5.44. The van der Waals surface area contributed by atoms with Gasteiger partial charge >= 0.3 is 0 Å². The van der Waals surface area contributed by atoms with Crippen molar-refractivity contribution in [3.8, 4) is 5.75 Å². The lowest BCUT2D eigenvalue weighted by Gasteiger charge is -2.26. The number of hydrogen-bond acceptors (Lipinski definition) is 4. The minimum atomic E-state index is 0.331. The molecule has 1 aliphatic rings. The van der Waals surface area contributed by atoms with Crippen LogP contribution in [0.2, 0.25) is 10.0 Å². The van der Waals surface area contributed by atoms with Gasteiger partial charge < -0.3 is 14.8 Å². The summed E-state index contributed by atoms with van der Waals surface area (Å²) in [5.41, 5.74) is 1.96. The molecule has 0 aliphatic carbocycles. The number of ether oxygens (including phenoxy) is 2. The first kappa shape index (κ1) is 21.4. The van der Waals surface area contributed by atoms with Crippen LogP contribution in [-0.2, 0) is 17.9 Å². The number of halogens is 2. The highest BCUT2D eigenvalue weighted by Crippen LogP contribution is 2.31. The normalized spacial score (nSPS) is 14.9. The van der Waals surface area contributed by atoms with Crippen LogP contribution in [0.25, 0.3) is 10.8 Å². The zero-order valence-corrected chi connectivity index (χ0v) is 18.4. The summed E-state index contributed by atoms with van der Waals surface area (Å²) in [6.07, 6.45) is 0. The van der Waals surface area contributed by atoms with Crippen LogP contribution in [0, 0.1) is 0 Å². The fourth-order valence-electron chi connectivity index (χ4n) is 3.73. The predicted molar refractivity (Wildman–Crippen MR) is 124 cm³/mol. The van der Waals surface area contributed by atoms with Gasteiger partial charge in [-0.25, -0.2) is 0 Å². The van der Waals surface area contributed by atoms with Gasteiger partial charge in [0.15, 0.2) is 0 Å². The summed E-state index contributed by atoms with van der Waals surface area (Å²) in [5.74, 6) is 0.851. The van der Waals surface area contributed by atoms with E-state index in [0.717, 1.165) is 62.8 Å². The fraction of sp³-hybridized carbons (Fsp3) is 0.333. The van der Waals surface area contributed by atoms with E-state index < -0.39 is 0 Å². The van der Waals surface area contributed by atoms with Gasteiger partial charge in [0.1, 0.15) is 12.4 Å². The maximum Gasteiger partial charge on any atom is 0.124 e. The number of fused-ring (bicyclic) bond motifs is 1. The number of morpholine rings is 1. The number of nitrogens with zero attached hydrogens (tertiary/aromatic N) is 1.